The second kappa shape index (κ2) is 5.77. The summed E-state index contributed by atoms with van der Waals surface area (Å²) in [4.78, 5) is 23.5. The molecule has 0 spiro atoms. The van der Waals surface area contributed by atoms with Crippen LogP contribution in [0.3, 0.4) is 0 Å². The van der Waals surface area contributed by atoms with Gasteiger partial charge in [-0.25, -0.2) is 0 Å². The number of fused-ring (bicyclic) bond motifs is 1. The number of hydrogen-bond acceptors (Lipinski definition) is 4. The molecule has 0 aliphatic rings. The lowest BCUT2D eigenvalue weighted by Gasteiger charge is -2.05. The van der Waals surface area contributed by atoms with Crippen LogP contribution in [0.15, 0.2) is 62.4 Å². The molecule has 110 valence electrons. The van der Waals surface area contributed by atoms with Crippen LogP contribution in [0.25, 0.3) is 22.1 Å². The fourth-order valence-electron chi connectivity index (χ4n) is 2.17. The molecule has 0 saturated heterocycles. The maximum atomic E-state index is 12.6. The number of ether oxygens (including phenoxy) is 1. The van der Waals surface area contributed by atoms with E-state index in [0.29, 0.717) is 22.3 Å². The SMILES string of the molecule is CC(=O)Oc1ccc2c(=O)c(-c3ccc(Br)cc3)coc2c1. The maximum absolute atomic E-state index is 12.6. The van der Waals surface area contributed by atoms with Gasteiger partial charge in [0, 0.05) is 17.5 Å². The molecule has 0 fully saturated rings. The van der Waals surface area contributed by atoms with Crippen LogP contribution in [0, 0.1) is 0 Å². The smallest absolute Gasteiger partial charge is 0.308 e. The summed E-state index contributed by atoms with van der Waals surface area (Å²) in [6.45, 7) is 1.32. The van der Waals surface area contributed by atoms with Gasteiger partial charge in [-0.05, 0) is 29.8 Å². The van der Waals surface area contributed by atoms with Gasteiger partial charge >= 0.3 is 5.97 Å². The van der Waals surface area contributed by atoms with Crippen molar-refractivity contribution in [2.75, 3.05) is 0 Å². The molecule has 2 aromatic carbocycles. The van der Waals surface area contributed by atoms with Gasteiger partial charge < -0.3 is 9.15 Å². The van der Waals surface area contributed by atoms with E-state index in [4.69, 9.17) is 9.15 Å². The Balaban J connectivity index is 2.12. The average Bonchev–Trinajstić information content (AvgIpc) is 2.48. The van der Waals surface area contributed by atoms with Crippen LogP contribution in [-0.4, -0.2) is 5.97 Å². The van der Waals surface area contributed by atoms with Crippen molar-refractivity contribution in [3.05, 3.63) is 63.4 Å². The minimum atomic E-state index is -0.423. The summed E-state index contributed by atoms with van der Waals surface area (Å²) in [5.74, 6) is -0.0762. The topological polar surface area (TPSA) is 56.5 Å². The lowest BCUT2D eigenvalue weighted by molar-refractivity contribution is -0.131. The second-order valence-corrected chi connectivity index (χ2v) is 5.65. The monoisotopic (exact) mass is 358 g/mol. The van der Waals surface area contributed by atoms with Crippen molar-refractivity contribution in [2.24, 2.45) is 0 Å². The molecule has 0 unspecified atom stereocenters. The lowest BCUT2D eigenvalue weighted by Crippen LogP contribution is -2.06. The fourth-order valence-corrected chi connectivity index (χ4v) is 2.43. The standard InChI is InChI=1S/C17H11BrO4/c1-10(19)22-13-6-7-14-16(8-13)21-9-15(17(14)20)11-2-4-12(18)5-3-11/h2-9H,1H3. The number of benzene rings is 2. The molecule has 1 aromatic heterocycles. The quantitative estimate of drug-likeness (QED) is 0.510. The molecule has 4 nitrogen and oxygen atoms in total. The zero-order valence-corrected chi connectivity index (χ0v) is 13.2. The van der Waals surface area contributed by atoms with Crippen molar-refractivity contribution in [3.63, 3.8) is 0 Å². The average molecular weight is 359 g/mol. The van der Waals surface area contributed by atoms with E-state index in [1.165, 1.54) is 19.3 Å². The molecule has 1 heterocycles. The Bertz CT molecular complexity index is 910. The first kappa shape index (κ1) is 14.5. The van der Waals surface area contributed by atoms with Crippen molar-refractivity contribution in [1.82, 2.24) is 0 Å². The molecule has 3 rings (SSSR count). The minimum absolute atomic E-state index is 0.127. The molecule has 0 aliphatic heterocycles. The van der Waals surface area contributed by atoms with Crippen molar-refractivity contribution in [3.8, 4) is 16.9 Å². The van der Waals surface area contributed by atoms with E-state index in [2.05, 4.69) is 15.9 Å². The number of carbonyl (C=O) groups excluding carboxylic acids is 1. The van der Waals surface area contributed by atoms with E-state index in [1.54, 1.807) is 12.1 Å². The molecule has 3 aromatic rings. The largest absolute Gasteiger partial charge is 0.463 e. The predicted octanol–water partition coefficient (Wildman–Crippen LogP) is 4.15. The van der Waals surface area contributed by atoms with Crippen LogP contribution in [0.2, 0.25) is 0 Å². The van der Waals surface area contributed by atoms with Gasteiger partial charge in [0.05, 0.1) is 10.9 Å². The first-order valence-electron chi connectivity index (χ1n) is 6.54. The van der Waals surface area contributed by atoms with Gasteiger partial charge in [0.1, 0.15) is 17.6 Å². The van der Waals surface area contributed by atoms with Crippen molar-refractivity contribution in [1.29, 1.82) is 0 Å². The highest BCUT2D eigenvalue weighted by Crippen LogP contribution is 2.24. The van der Waals surface area contributed by atoms with E-state index in [-0.39, 0.29) is 5.43 Å². The number of carbonyl (C=O) groups is 1. The molecule has 0 amide bonds. The Labute approximate surface area is 134 Å². The molecule has 0 N–H and O–H groups in total. The summed E-state index contributed by atoms with van der Waals surface area (Å²) in [7, 11) is 0. The number of esters is 1. The highest BCUT2D eigenvalue weighted by Gasteiger charge is 2.10. The van der Waals surface area contributed by atoms with Crippen LogP contribution in [0.4, 0.5) is 0 Å². The molecular weight excluding hydrogens is 348 g/mol. The Hall–Kier alpha value is -2.40. The zero-order valence-electron chi connectivity index (χ0n) is 11.6. The molecular formula is C17H11BrO4. The highest BCUT2D eigenvalue weighted by atomic mass is 79.9. The first-order valence-corrected chi connectivity index (χ1v) is 7.34. The van der Waals surface area contributed by atoms with Crippen molar-refractivity contribution < 1.29 is 13.9 Å². The fraction of sp³-hybridized carbons (Fsp3) is 0.0588. The second-order valence-electron chi connectivity index (χ2n) is 4.74. The van der Waals surface area contributed by atoms with E-state index in [1.807, 2.05) is 24.3 Å². The molecule has 0 atom stereocenters. The van der Waals surface area contributed by atoms with Crippen molar-refractivity contribution >= 4 is 32.9 Å². The van der Waals surface area contributed by atoms with E-state index >= 15 is 0 Å². The van der Waals surface area contributed by atoms with Gasteiger partial charge in [-0.1, -0.05) is 28.1 Å². The van der Waals surface area contributed by atoms with Crippen LogP contribution in [0.1, 0.15) is 6.92 Å². The molecule has 22 heavy (non-hydrogen) atoms. The van der Waals surface area contributed by atoms with E-state index < -0.39 is 5.97 Å². The van der Waals surface area contributed by atoms with Crippen LogP contribution < -0.4 is 10.2 Å². The van der Waals surface area contributed by atoms with Crippen LogP contribution >= 0.6 is 15.9 Å². The maximum Gasteiger partial charge on any atom is 0.308 e. The predicted molar refractivity (Wildman–Crippen MR) is 86.9 cm³/mol. The Morgan fingerprint density at radius 3 is 2.55 bits per heavy atom. The summed E-state index contributed by atoms with van der Waals surface area (Å²) in [6.07, 6.45) is 1.42. The van der Waals surface area contributed by atoms with E-state index in [9.17, 15) is 9.59 Å². The van der Waals surface area contributed by atoms with Gasteiger partial charge in [0.15, 0.2) is 5.43 Å². The Kier molecular flexibility index (Phi) is 3.81. The van der Waals surface area contributed by atoms with Gasteiger partial charge in [-0.2, -0.15) is 0 Å². The lowest BCUT2D eigenvalue weighted by atomic mass is 10.1. The highest BCUT2D eigenvalue weighted by molar-refractivity contribution is 9.10. The number of rotatable bonds is 2. The summed E-state index contributed by atoms with van der Waals surface area (Å²) < 4.78 is 11.4. The summed E-state index contributed by atoms with van der Waals surface area (Å²) in [5, 5.41) is 0.441. The number of hydrogen-bond donors (Lipinski definition) is 0. The van der Waals surface area contributed by atoms with Crippen LogP contribution in [-0.2, 0) is 4.79 Å². The zero-order chi connectivity index (χ0) is 15.7. The normalized spacial score (nSPS) is 10.6. The third-order valence-corrected chi connectivity index (χ3v) is 3.69. The molecule has 5 heteroatoms. The van der Waals surface area contributed by atoms with Crippen molar-refractivity contribution in [2.45, 2.75) is 6.92 Å². The Morgan fingerprint density at radius 1 is 1.14 bits per heavy atom. The molecule has 0 bridgehead atoms. The summed E-state index contributed by atoms with van der Waals surface area (Å²) >= 11 is 3.36. The van der Waals surface area contributed by atoms with E-state index in [0.717, 1.165) is 10.0 Å². The molecule has 0 radical (unpaired) electrons. The summed E-state index contributed by atoms with van der Waals surface area (Å²) in [5.41, 5.74) is 1.52. The molecule has 0 saturated carbocycles. The van der Waals surface area contributed by atoms with Gasteiger partial charge in [0.25, 0.3) is 0 Å². The number of halogens is 1. The van der Waals surface area contributed by atoms with Gasteiger partial charge in [-0.3, -0.25) is 9.59 Å². The molecule has 0 aliphatic carbocycles. The Morgan fingerprint density at radius 2 is 1.86 bits per heavy atom. The third-order valence-electron chi connectivity index (χ3n) is 3.16. The minimum Gasteiger partial charge on any atom is -0.463 e. The van der Waals surface area contributed by atoms with Gasteiger partial charge in [0.2, 0.25) is 0 Å². The first-order chi connectivity index (χ1) is 10.5. The van der Waals surface area contributed by atoms with Crippen LogP contribution in [0.5, 0.6) is 5.75 Å². The summed E-state index contributed by atoms with van der Waals surface area (Å²) in [6, 6.07) is 12.1. The third kappa shape index (κ3) is 2.80. The van der Waals surface area contributed by atoms with Gasteiger partial charge in [-0.15, -0.1) is 0 Å².